The van der Waals surface area contributed by atoms with Gasteiger partial charge in [-0.1, -0.05) is 0 Å². The molecule has 1 aromatic carbocycles. The summed E-state index contributed by atoms with van der Waals surface area (Å²) in [6.45, 7) is 3.85. The first-order chi connectivity index (χ1) is 13.4. The molecule has 0 radical (unpaired) electrons. The van der Waals surface area contributed by atoms with Crippen molar-refractivity contribution in [2.24, 2.45) is 4.99 Å². The zero-order valence-corrected chi connectivity index (χ0v) is 16.1. The average molecular weight is 383 g/mol. The number of carbonyl (C=O) groups excluding carboxylic acids is 2. The molecule has 0 saturated heterocycles. The molecule has 9 nitrogen and oxygen atoms in total. The van der Waals surface area contributed by atoms with E-state index in [1.807, 2.05) is 24.8 Å². The predicted octanol–water partition coefficient (Wildman–Crippen LogP) is 1.54. The van der Waals surface area contributed by atoms with Crippen molar-refractivity contribution in [1.82, 2.24) is 14.8 Å². The fourth-order valence-corrected chi connectivity index (χ4v) is 3.59. The van der Waals surface area contributed by atoms with E-state index in [2.05, 4.69) is 15.3 Å². The highest BCUT2D eigenvalue weighted by molar-refractivity contribution is 5.94. The number of hydrogen-bond donors (Lipinski definition) is 1. The molecule has 0 bridgehead atoms. The molecule has 3 heterocycles. The third-order valence-corrected chi connectivity index (χ3v) is 5.05. The molecule has 0 aliphatic carbocycles. The summed E-state index contributed by atoms with van der Waals surface area (Å²) >= 11 is 0. The lowest BCUT2D eigenvalue weighted by Gasteiger charge is -2.35. The van der Waals surface area contributed by atoms with Crippen LogP contribution in [-0.2, 0) is 9.59 Å². The Hall–Kier alpha value is -3.36. The van der Waals surface area contributed by atoms with Crippen molar-refractivity contribution < 1.29 is 18.7 Å². The number of carbonyl (C=O) groups is 2. The van der Waals surface area contributed by atoms with Gasteiger partial charge in [-0.3, -0.25) is 14.9 Å². The summed E-state index contributed by atoms with van der Waals surface area (Å²) in [5.41, 5.74) is 2.97. The third kappa shape index (κ3) is 2.98. The number of anilines is 1. The number of aryl methyl sites for hydroxylation is 1. The van der Waals surface area contributed by atoms with Crippen molar-refractivity contribution in [3.05, 3.63) is 29.3 Å². The van der Waals surface area contributed by atoms with Gasteiger partial charge in [-0.15, -0.1) is 0 Å². The molecule has 28 heavy (non-hydrogen) atoms. The van der Waals surface area contributed by atoms with Crippen LogP contribution in [0, 0.1) is 6.92 Å². The molecule has 0 spiro atoms. The zero-order chi connectivity index (χ0) is 20.0. The molecule has 2 amide bonds. The van der Waals surface area contributed by atoms with Crippen molar-refractivity contribution >= 4 is 35.3 Å². The van der Waals surface area contributed by atoms with Crippen LogP contribution in [0.1, 0.15) is 12.5 Å². The van der Waals surface area contributed by atoms with E-state index >= 15 is 0 Å². The molecule has 0 fully saturated rings. The van der Waals surface area contributed by atoms with Crippen LogP contribution in [0.5, 0.6) is 5.75 Å². The maximum absolute atomic E-state index is 12.5. The topological polar surface area (TPSA) is 100 Å². The average Bonchev–Trinajstić information content (AvgIpc) is 3.22. The largest absolute Gasteiger partial charge is 0.496 e. The van der Waals surface area contributed by atoms with Gasteiger partial charge in [-0.2, -0.15) is 4.98 Å². The first kappa shape index (κ1) is 18.0. The number of oxazole rings is 1. The number of amides is 2. The van der Waals surface area contributed by atoms with Crippen molar-refractivity contribution in [3.8, 4) is 5.75 Å². The summed E-state index contributed by atoms with van der Waals surface area (Å²) in [7, 11) is 3.30. The van der Waals surface area contributed by atoms with Gasteiger partial charge in [0.25, 0.3) is 0 Å². The van der Waals surface area contributed by atoms with Gasteiger partial charge in [0.05, 0.1) is 26.0 Å². The monoisotopic (exact) mass is 383 g/mol. The number of rotatable bonds is 4. The fraction of sp³-hybridized carbons (Fsp3) is 0.368. The number of ether oxygens (including phenoxy) is 1. The van der Waals surface area contributed by atoms with Gasteiger partial charge in [-0.25, -0.2) is 4.99 Å². The molecule has 0 saturated carbocycles. The van der Waals surface area contributed by atoms with E-state index in [1.165, 1.54) is 0 Å². The summed E-state index contributed by atoms with van der Waals surface area (Å²) < 4.78 is 10.9. The highest BCUT2D eigenvalue weighted by atomic mass is 16.5. The number of benzene rings is 1. The Kier molecular flexibility index (Phi) is 4.29. The quantitative estimate of drug-likeness (QED) is 0.860. The molecule has 2 atom stereocenters. The number of hydrogen-bond acceptors (Lipinski definition) is 7. The van der Waals surface area contributed by atoms with Crippen molar-refractivity contribution in [3.63, 3.8) is 0 Å². The van der Waals surface area contributed by atoms with Gasteiger partial charge in [0.1, 0.15) is 17.4 Å². The third-order valence-electron chi connectivity index (χ3n) is 5.05. The van der Waals surface area contributed by atoms with Gasteiger partial charge in [-0.05, 0) is 31.1 Å². The number of methoxy groups -OCH3 is 1. The molecule has 2 aliphatic rings. The van der Waals surface area contributed by atoms with Crippen LogP contribution in [-0.4, -0.2) is 65.8 Å². The molecule has 146 valence electrons. The first-order valence-corrected chi connectivity index (χ1v) is 8.86. The van der Waals surface area contributed by atoms with E-state index in [-0.39, 0.29) is 36.6 Å². The number of likely N-dealkylation sites (N-methyl/N-ethyl adjacent to an activating group) is 1. The summed E-state index contributed by atoms with van der Waals surface area (Å²) in [6.07, 6.45) is 2.88. The van der Waals surface area contributed by atoms with Crippen LogP contribution in [0.15, 0.2) is 33.2 Å². The standard InChI is InChI=1S/C19H21N5O4/c1-10-5-14-12(7-13(10)27-4)21-19(28-14)22-15(25)8-24-9-20-18-17(24)11(2)6-16(26)23(18)3/h5-7,9,17-18H,8H2,1-4H3,(H,21,22,25). The van der Waals surface area contributed by atoms with E-state index in [0.717, 1.165) is 11.1 Å². The van der Waals surface area contributed by atoms with Crippen LogP contribution in [0.25, 0.3) is 11.1 Å². The number of fused-ring (bicyclic) bond motifs is 2. The summed E-state index contributed by atoms with van der Waals surface area (Å²) in [5.74, 6) is 0.338. The molecule has 2 unspecified atom stereocenters. The summed E-state index contributed by atoms with van der Waals surface area (Å²) in [6, 6.07) is 3.56. The molecule has 9 heteroatoms. The number of nitrogens with one attached hydrogen (secondary N) is 1. The van der Waals surface area contributed by atoms with Crippen LogP contribution < -0.4 is 10.1 Å². The minimum atomic E-state index is -0.315. The van der Waals surface area contributed by atoms with Gasteiger partial charge in [0, 0.05) is 19.2 Å². The molecule has 1 aromatic heterocycles. The number of aliphatic imine (C=N–C) groups is 1. The summed E-state index contributed by atoms with van der Waals surface area (Å²) in [5, 5.41) is 2.68. The van der Waals surface area contributed by atoms with Crippen LogP contribution >= 0.6 is 0 Å². The molecular weight excluding hydrogens is 362 g/mol. The van der Waals surface area contributed by atoms with Crippen LogP contribution in [0.4, 0.5) is 6.01 Å². The van der Waals surface area contributed by atoms with Crippen molar-refractivity contribution in [2.45, 2.75) is 26.1 Å². The lowest BCUT2D eigenvalue weighted by Crippen LogP contribution is -2.51. The second kappa shape index (κ2) is 6.66. The van der Waals surface area contributed by atoms with Gasteiger partial charge < -0.3 is 19.0 Å². The van der Waals surface area contributed by atoms with Gasteiger partial charge in [0.15, 0.2) is 5.58 Å². The second-order valence-electron chi connectivity index (χ2n) is 6.99. The van der Waals surface area contributed by atoms with E-state index in [4.69, 9.17) is 9.15 Å². The lowest BCUT2D eigenvalue weighted by molar-refractivity contribution is -0.128. The van der Waals surface area contributed by atoms with E-state index in [9.17, 15) is 9.59 Å². The predicted molar refractivity (Wildman–Crippen MR) is 103 cm³/mol. The Labute approximate surface area is 161 Å². The van der Waals surface area contributed by atoms with E-state index in [0.29, 0.717) is 16.8 Å². The maximum Gasteiger partial charge on any atom is 0.302 e. The van der Waals surface area contributed by atoms with Crippen molar-refractivity contribution in [1.29, 1.82) is 0 Å². The Morgan fingerprint density at radius 3 is 2.89 bits per heavy atom. The van der Waals surface area contributed by atoms with Gasteiger partial charge >= 0.3 is 6.01 Å². The molecule has 4 rings (SSSR count). The summed E-state index contributed by atoms with van der Waals surface area (Å²) in [4.78, 5) is 36.5. The minimum Gasteiger partial charge on any atom is -0.496 e. The Bertz CT molecular complexity index is 1020. The highest BCUT2D eigenvalue weighted by Crippen LogP contribution is 2.28. The first-order valence-electron chi connectivity index (χ1n) is 8.86. The highest BCUT2D eigenvalue weighted by Gasteiger charge is 2.40. The normalized spacial score (nSPS) is 21.1. The molecular formula is C19H21N5O4. The molecule has 2 aromatic rings. The van der Waals surface area contributed by atoms with Crippen molar-refractivity contribution in [2.75, 3.05) is 26.0 Å². The van der Waals surface area contributed by atoms with Crippen LogP contribution in [0.2, 0.25) is 0 Å². The fourth-order valence-electron chi connectivity index (χ4n) is 3.59. The second-order valence-corrected chi connectivity index (χ2v) is 6.99. The Morgan fingerprint density at radius 1 is 1.36 bits per heavy atom. The van der Waals surface area contributed by atoms with Crippen LogP contribution in [0.3, 0.4) is 0 Å². The smallest absolute Gasteiger partial charge is 0.302 e. The Morgan fingerprint density at radius 2 is 2.14 bits per heavy atom. The Balaban J connectivity index is 1.48. The zero-order valence-electron chi connectivity index (χ0n) is 16.1. The number of nitrogens with zero attached hydrogens (tertiary/aromatic N) is 4. The minimum absolute atomic E-state index is 0.0684. The maximum atomic E-state index is 12.5. The van der Waals surface area contributed by atoms with E-state index in [1.54, 1.807) is 37.5 Å². The number of aromatic nitrogens is 1. The molecule has 2 aliphatic heterocycles. The lowest BCUT2D eigenvalue weighted by atomic mass is 10.0. The SMILES string of the molecule is COc1cc2nc(NC(=O)CN3C=NC4C3C(C)=CC(=O)N4C)oc2cc1C. The van der Waals surface area contributed by atoms with Gasteiger partial charge in [0.2, 0.25) is 11.8 Å². The molecule has 1 N–H and O–H groups in total. The van der Waals surface area contributed by atoms with E-state index < -0.39 is 0 Å².